The summed E-state index contributed by atoms with van der Waals surface area (Å²) in [6.07, 6.45) is 4.20. The van der Waals surface area contributed by atoms with Gasteiger partial charge in [-0.05, 0) is 19.3 Å². The number of nitrogens with zero attached hydrogens (tertiary/aromatic N) is 3. The summed E-state index contributed by atoms with van der Waals surface area (Å²) in [6.45, 7) is 5.08. The van der Waals surface area contributed by atoms with Crippen LogP contribution >= 0.6 is 11.3 Å². The van der Waals surface area contributed by atoms with Crippen LogP contribution in [0.4, 0.5) is 0 Å². The van der Waals surface area contributed by atoms with E-state index in [0.29, 0.717) is 45.0 Å². The van der Waals surface area contributed by atoms with E-state index < -0.39 is 0 Å². The van der Waals surface area contributed by atoms with Crippen molar-refractivity contribution in [2.45, 2.75) is 44.6 Å². The Bertz CT molecular complexity index is 686. The number of hydrogen-bond donors (Lipinski definition) is 0. The summed E-state index contributed by atoms with van der Waals surface area (Å²) < 4.78 is 10.6. The van der Waals surface area contributed by atoms with E-state index in [9.17, 15) is 9.59 Å². The number of hydrogen-bond acceptors (Lipinski definition) is 6. The molecule has 0 radical (unpaired) electrons. The highest BCUT2D eigenvalue weighted by atomic mass is 32.1. The van der Waals surface area contributed by atoms with Gasteiger partial charge in [-0.25, -0.2) is 4.98 Å². The topological polar surface area (TPSA) is 72.0 Å². The molecule has 8 heteroatoms. The number of amides is 2. The van der Waals surface area contributed by atoms with Gasteiger partial charge in [-0.1, -0.05) is 0 Å². The number of ether oxygens (including phenoxy) is 2. The molecular formula is C19H27N3O4S. The fourth-order valence-corrected chi connectivity index (χ4v) is 5.15. The molecule has 0 spiro atoms. The lowest BCUT2D eigenvalue weighted by molar-refractivity contribution is -0.143. The quantitative estimate of drug-likeness (QED) is 0.759. The van der Waals surface area contributed by atoms with Crippen LogP contribution < -0.4 is 0 Å². The largest absolute Gasteiger partial charge is 0.381 e. The Hall–Kier alpha value is -1.51. The van der Waals surface area contributed by atoms with E-state index in [4.69, 9.17) is 14.5 Å². The molecular weight excluding hydrogens is 366 g/mol. The first-order valence-electron chi connectivity index (χ1n) is 9.90. The Kier molecular flexibility index (Phi) is 6.04. The minimum Gasteiger partial charge on any atom is -0.381 e. The predicted molar refractivity (Wildman–Crippen MR) is 101 cm³/mol. The molecule has 1 aromatic heterocycles. The molecule has 0 bridgehead atoms. The maximum atomic E-state index is 12.6. The number of fused-ring (bicyclic) bond motifs is 1. The third-order valence-corrected chi connectivity index (χ3v) is 6.89. The van der Waals surface area contributed by atoms with Crippen molar-refractivity contribution < 1.29 is 19.1 Å². The highest BCUT2D eigenvalue weighted by Crippen LogP contribution is 2.34. The van der Waals surface area contributed by atoms with Gasteiger partial charge in [-0.3, -0.25) is 9.59 Å². The molecule has 0 aromatic carbocycles. The molecule has 7 nitrogen and oxygen atoms in total. The highest BCUT2D eigenvalue weighted by Gasteiger charge is 2.27. The van der Waals surface area contributed by atoms with Crippen LogP contribution in [0.3, 0.4) is 0 Å². The first-order chi connectivity index (χ1) is 13.2. The molecule has 2 fully saturated rings. The SMILES string of the molecule is O=C1COCCN1CCCC(=O)N1CCc2sc(C3CCOCC3)nc2C1. The monoisotopic (exact) mass is 393 g/mol. The number of aromatic nitrogens is 1. The van der Waals surface area contributed by atoms with Crippen LogP contribution in [-0.2, 0) is 32.0 Å². The van der Waals surface area contributed by atoms with Crippen LogP contribution in [0.25, 0.3) is 0 Å². The second-order valence-electron chi connectivity index (χ2n) is 7.41. The minimum absolute atomic E-state index is 0.0272. The molecule has 148 valence electrons. The summed E-state index contributed by atoms with van der Waals surface area (Å²) in [5, 5.41) is 1.23. The second-order valence-corrected chi connectivity index (χ2v) is 8.53. The fraction of sp³-hybridized carbons (Fsp3) is 0.737. The number of morpholine rings is 1. The van der Waals surface area contributed by atoms with E-state index in [1.165, 1.54) is 9.88 Å². The van der Waals surface area contributed by atoms with Crippen LogP contribution in [0.1, 0.15) is 47.2 Å². The van der Waals surface area contributed by atoms with Gasteiger partial charge in [0.25, 0.3) is 0 Å². The van der Waals surface area contributed by atoms with E-state index in [0.717, 1.165) is 44.7 Å². The van der Waals surface area contributed by atoms with Crippen molar-refractivity contribution in [3.63, 3.8) is 0 Å². The van der Waals surface area contributed by atoms with Crippen molar-refractivity contribution in [3.05, 3.63) is 15.6 Å². The predicted octanol–water partition coefficient (Wildman–Crippen LogP) is 1.56. The number of rotatable bonds is 5. The van der Waals surface area contributed by atoms with E-state index in [2.05, 4.69) is 0 Å². The van der Waals surface area contributed by atoms with Gasteiger partial charge < -0.3 is 19.3 Å². The molecule has 0 unspecified atom stereocenters. The van der Waals surface area contributed by atoms with E-state index in [-0.39, 0.29) is 18.4 Å². The van der Waals surface area contributed by atoms with Gasteiger partial charge in [0, 0.05) is 56.5 Å². The Morgan fingerprint density at radius 2 is 2.04 bits per heavy atom. The van der Waals surface area contributed by atoms with Crippen LogP contribution in [-0.4, -0.2) is 72.7 Å². The summed E-state index contributed by atoms with van der Waals surface area (Å²) in [7, 11) is 0. The molecule has 3 aliphatic heterocycles. The summed E-state index contributed by atoms with van der Waals surface area (Å²) in [5.74, 6) is 0.714. The van der Waals surface area contributed by atoms with Gasteiger partial charge in [0.2, 0.25) is 11.8 Å². The van der Waals surface area contributed by atoms with Crippen molar-refractivity contribution in [2.24, 2.45) is 0 Å². The molecule has 3 aliphatic rings. The van der Waals surface area contributed by atoms with E-state index in [1.807, 2.05) is 16.2 Å². The van der Waals surface area contributed by atoms with Crippen molar-refractivity contribution in [1.29, 1.82) is 0 Å². The van der Waals surface area contributed by atoms with Crippen molar-refractivity contribution >= 4 is 23.2 Å². The molecule has 0 N–H and O–H groups in total. The first-order valence-corrected chi connectivity index (χ1v) is 10.7. The van der Waals surface area contributed by atoms with E-state index in [1.54, 1.807) is 4.90 Å². The number of carbonyl (C=O) groups excluding carboxylic acids is 2. The standard InChI is InChI=1S/C19H27N3O4S/c23-17(2-1-6-21-8-11-26-13-18(21)24)22-7-3-16-15(12-22)20-19(27-16)14-4-9-25-10-5-14/h14H,1-13H2. The molecule has 0 saturated carbocycles. The summed E-state index contributed by atoms with van der Waals surface area (Å²) >= 11 is 1.83. The maximum Gasteiger partial charge on any atom is 0.248 e. The van der Waals surface area contributed by atoms with Crippen LogP contribution in [0.2, 0.25) is 0 Å². The number of thiazole rings is 1. The molecule has 0 atom stereocenters. The van der Waals surface area contributed by atoms with Crippen molar-refractivity contribution in [1.82, 2.24) is 14.8 Å². The zero-order chi connectivity index (χ0) is 18.6. The van der Waals surface area contributed by atoms with Crippen molar-refractivity contribution in [2.75, 3.05) is 46.1 Å². The molecule has 4 heterocycles. The maximum absolute atomic E-state index is 12.6. The molecule has 2 saturated heterocycles. The third kappa shape index (κ3) is 4.50. The Morgan fingerprint density at radius 1 is 1.19 bits per heavy atom. The average Bonchev–Trinajstić information content (AvgIpc) is 3.13. The normalized spacial score (nSPS) is 21.4. The van der Waals surface area contributed by atoms with Crippen LogP contribution in [0.5, 0.6) is 0 Å². The van der Waals surface area contributed by atoms with Crippen LogP contribution in [0.15, 0.2) is 0 Å². The van der Waals surface area contributed by atoms with Crippen LogP contribution in [0, 0.1) is 0 Å². The van der Waals surface area contributed by atoms with E-state index >= 15 is 0 Å². The Morgan fingerprint density at radius 3 is 2.85 bits per heavy atom. The number of carbonyl (C=O) groups is 2. The summed E-state index contributed by atoms with van der Waals surface area (Å²) in [6, 6.07) is 0. The fourth-order valence-electron chi connectivity index (χ4n) is 3.92. The van der Waals surface area contributed by atoms with Gasteiger partial charge in [0.15, 0.2) is 0 Å². The zero-order valence-electron chi connectivity index (χ0n) is 15.7. The average molecular weight is 394 g/mol. The molecule has 1 aromatic rings. The molecule has 27 heavy (non-hydrogen) atoms. The molecule has 0 aliphatic carbocycles. The molecule has 2 amide bonds. The van der Waals surface area contributed by atoms with Gasteiger partial charge >= 0.3 is 0 Å². The van der Waals surface area contributed by atoms with Gasteiger partial charge in [0.1, 0.15) is 6.61 Å². The highest BCUT2D eigenvalue weighted by molar-refractivity contribution is 7.11. The lowest BCUT2D eigenvalue weighted by Crippen LogP contribution is -2.42. The first kappa shape index (κ1) is 18.8. The molecule has 4 rings (SSSR count). The third-order valence-electron chi connectivity index (χ3n) is 5.57. The zero-order valence-corrected chi connectivity index (χ0v) is 16.5. The lowest BCUT2D eigenvalue weighted by atomic mass is 10.0. The van der Waals surface area contributed by atoms with Gasteiger partial charge in [-0.2, -0.15) is 0 Å². The summed E-state index contributed by atoms with van der Waals surface area (Å²) in [4.78, 5) is 34.3. The summed E-state index contributed by atoms with van der Waals surface area (Å²) in [5.41, 5.74) is 1.09. The van der Waals surface area contributed by atoms with Gasteiger partial charge in [0.05, 0.1) is 23.9 Å². The van der Waals surface area contributed by atoms with Gasteiger partial charge in [-0.15, -0.1) is 11.3 Å². The second kappa shape index (κ2) is 8.67. The lowest BCUT2D eigenvalue weighted by Gasteiger charge is -2.28. The smallest absolute Gasteiger partial charge is 0.248 e. The van der Waals surface area contributed by atoms with Crippen molar-refractivity contribution in [3.8, 4) is 0 Å². The Balaban J connectivity index is 1.27. The Labute approximate surface area is 163 Å². The minimum atomic E-state index is 0.0272.